The van der Waals surface area contributed by atoms with Crippen molar-refractivity contribution in [1.82, 2.24) is 4.90 Å². The fourth-order valence-electron chi connectivity index (χ4n) is 5.33. The number of fused-ring (bicyclic) bond motifs is 2. The first-order valence-corrected chi connectivity index (χ1v) is 13.5. The Kier molecular flexibility index (Phi) is 8.45. The van der Waals surface area contributed by atoms with Crippen LogP contribution in [0.2, 0.25) is 0 Å². The number of carbonyl (C=O) groups is 1. The molecule has 1 aliphatic heterocycles. The first-order chi connectivity index (χ1) is 19.5. The first-order valence-electron chi connectivity index (χ1n) is 13.5. The number of hydrogen-bond acceptors (Lipinski definition) is 7. The van der Waals surface area contributed by atoms with Crippen molar-refractivity contribution in [2.24, 2.45) is 0 Å². The zero-order valence-electron chi connectivity index (χ0n) is 23.6. The lowest BCUT2D eigenvalue weighted by molar-refractivity contribution is 0.0961. The van der Waals surface area contributed by atoms with E-state index < -0.39 is 0 Å². The molecule has 40 heavy (non-hydrogen) atoms. The second-order valence-electron chi connectivity index (χ2n) is 9.82. The van der Waals surface area contributed by atoms with Gasteiger partial charge in [0.1, 0.15) is 5.58 Å². The van der Waals surface area contributed by atoms with E-state index >= 15 is 0 Å². The van der Waals surface area contributed by atoms with Crippen LogP contribution in [-0.2, 0) is 12.8 Å². The molecular weight excluding hydrogens is 508 g/mol. The molecular formula is C32H36N2O6. The zero-order chi connectivity index (χ0) is 28.1. The standard InChI is InChI=1S/C32H36N2O6/c1-36-27-11-10-25(21-30(27)39-4)34(32(35)31-20-24-8-5-6-9-26(24)40-31)15-7-14-33-16-12-22-18-28(37-2)29(38-3)19-23(22)13-17-33/h5-6,8-11,18-21H,7,12-17H2,1-4H3. The molecule has 5 rings (SSSR count). The summed E-state index contributed by atoms with van der Waals surface area (Å²) >= 11 is 0. The van der Waals surface area contributed by atoms with E-state index in [1.54, 1.807) is 39.4 Å². The molecule has 3 aromatic carbocycles. The molecule has 8 heteroatoms. The number of furan rings is 1. The highest BCUT2D eigenvalue weighted by Gasteiger charge is 2.24. The Balaban J connectivity index is 1.32. The molecule has 2 heterocycles. The van der Waals surface area contributed by atoms with Crippen LogP contribution < -0.4 is 23.8 Å². The summed E-state index contributed by atoms with van der Waals surface area (Å²) in [7, 11) is 6.53. The fourth-order valence-corrected chi connectivity index (χ4v) is 5.33. The molecule has 0 aliphatic carbocycles. The number of hydrogen-bond donors (Lipinski definition) is 0. The second kappa shape index (κ2) is 12.3. The maximum absolute atomic E-state index is 13.8. The summed E-state index contributed by atoms with van der Waals surface area (Å²) in [5, 5.41) is 0.899. The monoisotopic (exact) mass is 544 g/mol. The Morgan fingerprint density at radius 1 is 0.800 bits per heavy atom. The van der Waals surface area contributed by atoms with Gasteiger partial charge in [0.15, 0.2) is 28.8 Å². The van der Waals surface area contributed by atoms with Gasteiger partial charge in [-0.15, -0.1) is 0 Å². The largest absolute Gasteiger partial charge is 0.493 e. The van der Waals surface area contributed by atoms with Gasteiger partial charge >= 0.3 is 0 Å². The summed E-state index contributed by atoms with van der Waals surface area (Å²) < 4.78 is 27.9. The number of anilines is 1. The van der Waals surface area contributed by atoms with Gasteiger partial charge < -0.3 is 33.2 Å². The highest BCUT2D eigenvalue weighted by atomic mass is 16.5. The van der Waals surface area contributed by atoms with Crippen LogP contribution in [0.1, 0.15) is 28.1 Å². The summed E-state index contributed by atoms with van der Waals surface area (Å²) in [6, 6.07) is 19.2. The van der Waals surface area contributed by atoms with Crippen molar-refractivity contribution >= 4 is 22.6 Å². The van der Waals surface area contributed by atoms with E-state index in [0.29, 0.717) is 29.4 Å². The summed E-state index contributed by atoms with van der Waals surface area (Å²) in [6.45, 7) is 3.27. The van der Waals surface area contributed by atoms with Crippen LogP contribution in [0.3, 0.4) is 0 Å². The van der Waals surface area contributed by atoms with E-state index in [2.05, 4.69) is 17.0 Å². The number of methoxy groups -OCH3 is 4. The van der Waals surface area contributed by atoms with Gasteiger partial charge in [-0.2, -0.15) is 0 Å². The minimum atomic E-state index is -0.189. The molecule has 1 aromatic heterocycles. The van der Waals surface area contributed by atoms with E-state index in [9.17, 15) is 4.79 Å². The van der Waals surface area contributed by atoms with Crippen LogP contribution in [0.5, 0.6) is 23.0 Å². The second-order valence-corrected chi connectivity index (χ2v) is 9.82. The van der Waals surface area contributed by atoms with Gasteiger partial charge in [0.2, 0.25) is 0 Å². The highest BCUT2D eigenvalue weighted by molar-refractivity contribution is 6.06. The smallest absolute Gasteiger partial charge is 0.294 e. The lowest BCUT2D eigenvalue weighted by Gasteiger charge is -2.25. The van der Waals surface area contributed by atoms with Gasteiger partial charge in [-0.05, 0) is 73.3 Å². The molecule has 0 bridgehead atoms. The predicted molar refractivity (Wildman–Crippen MR) is 155 cm³/mol. The fraction of sp³-hybridized carbons (Fsp3) is 0.344. The number of nitrogens with zero attached hydrogens (tertiary/aromatic N) is 2. The topological polar surface area (TPSA) is 73.6 Å². The van der Waals surface area contributed by atoms with E-state index in [-0.39, 0.29) is 5.91 Å². The number of benzene rings is 3. The number of ether oxygens (including phenoxy) is 4. The number of carbonyl (C=O) groups excluding carboxylic acids is 1. The molecule has 0 atom stereocenters. The molecule has 0 radical (unpaired) electrons. The lowest BCUT2D eigenvalue weighted by atomic mass is 10.0. The molecule has 0 fully saturated rings. The van der Waals surface area contributed by atoms with Crippen molar-refractivity contribution in [3.05, 3.63) is 77.6 Å². The van der Waals surface area contributed by atoms with Crippen LogP contribution in [0.4, 0.5) is 5.69 Å². The quantitative estimate of drug-likeness (QED) is 0.257. The lowest BCUT2D eigenvalue weighted by Crippen LogP contribution is -2.35. The van der Waals surface area contributed by atoms with Crippen LogP contribution in [-0.4, -0.2) is 65.4 Å². The summed E-state index contributed by atoms with van der Waals surface area (Å²) in [5.74, 6) is 2.84. The Bertz CT molecular complexity index is 1410. The molecule has 0 N–H and O–H groups in total. The summed E-state index contributed by atoms with van der Waals surface area (Å²) in [4.78, 5) is 18.0. The molecule has 1 amide bonds. The predicted octanol–water partition coefficient (Wildman–Crippen LogP) is 5.60. The van der Waals surface area contributed by atoms with Crippen molar-refractivity contribution in [3.63, 3.8) is 0 Å². The Labute approximate surface area is 235 Å². The maximum Gasteiger partial charge on any atom is 0.294 e. The van der Waals surface area contributed by atoms with Crippen LogP contribution in [0, 0.1) is 0 Å². The first kappa shape index (κ1) is 27.4. The normalized spacial score (nSPS) is 13.4. The molecule has 4 aromatic rings. The van der Waals surface area contributed by atoms with E-state index in [1.807, 2.05) is 42.5 Å². The van der Waals surface area contributed by atoms with E-state index in [0.717, 1.165) is 61.5 Å². The Morgan fingerprint density at radius 3 is 2.05 bits per heavy atom. The Hall–Kier alpha value is -4.17. The number of para-hydroxylation sites is 1. The molecule has 0 saturated heterocycles. The SMILES string of the molecule is COc1ccc(N(CCCN2CCc3cc(OC)c(OC)cc3CC2)C(=O)c2cc3ccccc3o2)cc1OC. The average Bonchev–Trinajstić information content (AvgIpc) is 3.34. The third-order valence-corrected chi connectivity index (χ3v) is 7.52. The molecule has 0 saturated carbocycles. The molecule has 0 spiro atoms. The minimum absolute atomic E-state index is 0.189. The van der Waals surface area contributed by atoms with Crippen LogP contribution in [0.15, 0.2) is 65.1 Å². The van der Waals surface area contributed by atoms with Crippen molar-refractivity contribution in [2.45, 2.75) is 19.3 Å². The molecule has 1 aliphatic rings. The highest BCUT2D eigenvalue weighted by Crippen LogP contribution is 2.34. The summed E-state index contributed by atoms with van der Waals surface area (Å²) in [6.07, 6.45) is 2.67. The number of rotatable bonds is 10. The number of amides is 1. The molecule has 8 nitrogen and oxygen atoms in total. The minimum Gasteiger partial charge on any atom is -0.493 e. The summed E-state index contributed by atoms with van der Waals surface area (Å²) in [5.41, 5.74) is 4.01. The van der Waals surface area contributed by atoms with E-state index in [1.165, 1.54) is 11.1 Å². The van der Waals surface area contributed by atoms with Gasteiger partial charge in [0.25, 0.3) is 5.91 Å². The average molecular weight is 545 g/mol. The van der Waals surface area contributed by atoms with Gasteiger partial charge in [0, 0.05) is 36.8 Å². The van der Waals surface area contributed by atoms with E-state index in [4.69, 9.17) is 23.4 Å². The van der Waals surface area contributed by atoms with Crippen molar-refractivity contribution in [2.75, 3.05) is 59.5 Å². The van der Waals surface area contributed by atoms with Crippen molar-refractivity contribution in [1.29, 1.82) is 0 Å². The molecule has 0 unspecified atom stereocenters. The van der Waals surface area contributed by atoms with Gasteiger partial charge in [-0.25, -0.2) is 0 Å². The van der Waals surface area contributed by atoms with Crippen LogP contribution in [0.25, 0.3) is 11.0 Å². The van der Waals surface area contributed by atoms with Gasteiger partial charge in [0.05, 0.1) is 28.4 Å². The maximum atomic E-state index is 13.8. The Morgan fingerprint density at radius 2 is 1.43 bits per heavy atom. The third kappa shape index (κ3) is 5.72. The van der Waals surface area contributed by atoms with Gasteiger partial charge in [-0.1, -0.05) is 18.2 Å². The van der Waals surface area contributed by atoms with Crippen molar-refractivity contribution in [3.8, 4) is 23.0 Å². The third-order valence-electron chi connectivity index (χ3n) is 7.52. The van der Waals surface area contributed by atoms with Gasteiger partial charge in [-0.3, -0.25) is 4.79 Å². The van der Waals surface area contributed by atoms with Crippen LogP contribution >= 0.6 is 0 Å². The van der Waals surface area contributed by atoms with Crippen molar-refractivity contribution < 1.29 is 28.2 Å². The zero-order valence-corrected chi connectivity index (χ0v) is 23.6. The molecule has 210 valence electrons.